The van der Waals surface area contributed by atoms with Crippen LogP contribution < -0.4 is 14.8 Å². The van der Waals surface area contributed by atoms with Crippen molar-refractivity contribution in [2.45, 2.75) is 31.3 Å². The molecule has 3 atom stereocenters. The van der Waals surface area contributed by atoms with Crippen LogP contribution in [-0.4, -0.2) is 59.8 Å². The topological polar surface area (TPSA) is 60.3 Å². The summed E-state index contributed by atoms with van der Waals surface area (Å²) < 4.78 is 72.2. The fourth-order valence-corrected chi connectivity index (χ4v) is 4.60. The SMILES string of the molecule is COc1cc(N[C@H]2c3ccc(F)cc3OC[C@@H]2N2CCO[C@H](C)C2)c2nc(C(F)(F)F)cn2c1. The summed E-state index contributed by atoms with van der Waals surface area (Å²) >= 11 is 0. The molecule has 1 aromatic carbocycles. The van der Waals surface area contributed by atoms with Gasteiger partial charge >= 0.3 is 6.18 Å². The maximum absolute atomic E-state index is 13.9. The number of fused-ring (bicyclic) bond motifs is 2. The minimum absolute atomic E-state index is 0.0224. The Labute approximate surface area is 193 Å². The second-order valence-electron chi connectivity index (χ2n) is 8.51. The van der Waals surface area contributed by atoms with E-state index < -0.39 is 23.7 Å². The molecule has 34 heavy (non-hydrogen) atoms. The minimum Gasteiger partial charge on any atom is -0.495 e. The van der Waals surface area contributed by atoms with E-state index in [0.29, 0.717) is 42.4 Å². The van der Waals surface area contributed by atoms with Crippen molar-refractivity contribution in [2.75, 3.05) is 38.7 Å². The third-order valence-electron chi connectivity index (χ3n) is 6.21. The third kappa shape index (κ3) is 4.25. The minimum atomic E-state index is -4.59. The van der Waals surface area contributed by atoms with Gasteiger partial charge in [0.1, 0.15) is 23.9 Å². The Kier molecular flexibility index (Phi) is 5.76. The highest BCUT2D eigenvalue weighted by molar-refractivity contribution is 5.71. The standard InChI is InChI=1S/C23H24F4N4O3/c1-13-9-30(5-6-33-13)18-12-34-19-7-14(24)3-4-16(19)21(18)28-17-8-15(32-2)10-31-11-20(23(25,26)27)29-22(17)31/h3-4,7-8,10-11,13,18,21,28H,5-6,9,12H2,1-2H3/t13-,18+,21+/m1/s1. The van der Waals surface area contributed by atoms with Crippen LogP contribution in [0.2, 0.25) is 0 Å². The number of halogens is 4. The van der Waals surface area contributed by atoms with Crippen LogP contribution in [0.25, 0.3) is 5.65 Å². The average molecular weight is 480 g/mol. The van der Waals surface area contributed by atoms with E-state index in [-0.39, 0.29) is 24.4 Å². The van der Waals surface area contributed by atoms with E-state index >= 15 is 0 Å². The van der Waals surface area contributed by atoms with Crippen LogP contribution in [0.5, 0.6) is 11.5 Å². The number of benzene rings is 1. The number of nitrogens with one attached hydrogen (secondary N) is 1. The molecule has 182 valence electrons. The average Bonchev–Trinajstić information content (AvgIpc) is 3.24. The lowest BCUT2D eigenvalue weighted by Crippen LogP contribution is -2.54. The van der Waals surface area contributed by atoms with Gasteiger partial charge in [-0.05, 0) is 13.0 Å². The second kappa shape index (κ2) is 8.62. The Hall–Kier alpha value is -3.05. The van der Waals surface area contributed by atoms with Crippen molar-refractivity contribution in [3.8, 4) is 11.5 Å². The van der Waals surface area contributed by atoms with Gasteiger partial charge < -0.3 is 23.9 Å². The molecule has 5 rings (SSSR count). The number of nitrogens with zero attached hydrogens (tertiary/aromatic N) is 3. The number of rotatable bonds is 4. The number of anilines is 1. The highest BCUT2D eigenvalue weighted by atomic mass is 19.4. The number of morpholine rings is 1. The van der Waals surface area contributed by atoms with Gasteiger partial charge in [0.2, 0.25) is 0 Å². The summed E-state index contributed by atoms with van der Waals surface area (Å²) in [5.41, 5.74) is 0.179. The van der Waals surface area contributed by atoms with Gasteiger partial charge in [-0.2, -0.15) is 13.2 Å². The number of imidazole rings is 1. The van der Waals surface area contributed by atoms with Gasteiger partial charge in [0.05, 0.1) is 43.8 Å². The Morgan fingerprint density at radius 2 is 2.03 bits per heavy atom. The predicted octanol–water partition coefficient (Wildman–Crippen LogP) is 4.14. The zero-order valence-electron chi connectivity index (χ0n) is 18.6. The van der Waals surface area contributed by atoms with Crippen LogP contribution in [-0.2, 0) is 10.9 Å². The lowest BCUT2D eigenvalue weighted by Gasteiger charge is -2.44. The largest absolute Gasteiger partial charge is 0.495 e. The summed E-state index contributed by atoms with van der Waals surface area (Å²) in [6.07, 6.45) is -2.20. The zero-order valence-corrected chi connectivity index (χ0v) is 18.6. The van der Waals surface area contributed by atoms with Crippen molar-refractivity contribution >= 4 is 11.3 Å². The molecule has 0 aliphatic carbocycles. The lowest BCUT2D eigenvalue weighted by molar-refractivity contribution is -0.140. The van der Waals surface area contributed by atoms with Crippen LogP contribution in [0, 0.1) is 5.82 Å². The molecule has 0 radical (unpaired) electrons. The van der Waals surface area contributed by atoms with Crippen LogP contribution in [0.3, 0.4) is 0 Å². The summed E-state index contributed by atoms with van der Waals surface area (Å²) in [7, 11) is 1.44. The van der Waals surface area contributed by atoms with E-state index in [9.17, 15) is 17.6 Å². The predicted molar refractivity (Wildman–Crippen MR) is 116 cm³/mol. The summed E-state index contributed by atoms with van der Waals surface area (Å²) in [6.45, 7) is 4.15. The molecule has 7 nitrogen and oxygen atoms in total. The summed E-state index contributed by atoms with van der Waals surface area (Å²) in [6, 6.07) is 5.34. The summed E-state index contributed by atoms with van der Waals surface area (Å²) in [4.78, 5) is 6.06. The first-order valence-corrected chi connectivity index (χ1v) is 10.9. The third-order valence-corrected chi connectivity index (χ3v) is 6.21. The van der Waals surface area contributed by atoms with Crippen LogP contribution >= 0.6 is 0 Å². The molecule has 0 bridgehead atoms. The second-order valence-corrected chi connectivity index (χ2v) is 8.51. The monoisotopic (exact) mass is 480 g/mol. The van der Waals surface area contributed by atoms with Crippen molar-refractivity contribution in [2.24, 2.45) is 0 Å². The Morgan fingerprint density at radius 1 is 1.21 bits per heavy atom. The molecule has 0 spiro atoms. The van der Waals surface area contributed by atoms with Gasteiger partial charge in [-0.1, -0.05) is 6.07 Å². The molecule has 1 fully saturated rings. The highest BCUT2D eigenvalue weighted by Crippen LogP contribution is 2.39. The quantitative estimate of drug-likeness (QED) is 0.567. The smallest absolute Gasteiger partial charge is 0.434 e. The van der Waals surface area contributed by atoms with E-state index in [1.165, 1.54) is 29.8 Å². The van der Waals surface area contributed by atoms with Crippen LogP contribution in [0.4, 0.5) is 23.2 Å². The maximum atomic E-state index is 13.9. The number of pyridine rings is 1. The van der Waals surface area contributed by atoms with Gasteiger partial charge in [-0.25, -0.2) is 9.37 Å². The molecular weight excluding hydrogens is 456 g/mol. The molecule has 2 aromatic heterocycles. The number of aromatic nitrogens is 2. The number of ether oxygens (including phenoxy) is 3. The first kappa shape index (κ1) is 22.7. The van der Waals surface area contributed by atoms with Crippen LogP contribution in [0.1, 0.15) is 24.2 Å². The molecular formula is C23H24F4N4O3. The summed E-state index contributed by atoms with van der Waals surface area (Å²) in [5, 5.41) is 3.39. The van der Waals surface area contributed by atoms with E-state index in [2.05, 4.69) is 15.2 Å². The number of methoxy groups -OCH3 is 1. The fourth-order valence-electron chi connectivity index (χ4n) is 4.60. The molecule has 0 amide bonds. The lowest BCUT2D eigenvalue weighted by atomic mass is 9.94. The van der Waals surface area contributed by atoms with E-state index in [0.717, 1.165) is 6.20 Å². The Morgan fingerprint density at radius 3 is 2.76 bits per heavy atom. The highest BCUT2D eigenvalue weighted by Gasteiger charge is 2.38. The molecule has 2 aliphatic heterocycles. The van der Waals surface area contributed by atoms with Crippen molar-refractivity contribution < 1.29 is 31.8 Å². The number of alkyl halides is 3. The maximum Gasteiger partial charge on any atom is 0.434 e. The van der Waals surface area contributed by atoms with E-state index in [1.807, 2.05) is 6.92 Å². The summed E-state index contributed by atoms with van der Waals surface area (Å²) in [5.74, 6) is 0.333. The number of hydrogen-bond acceptors (Lipinski definition) is 6. The Bertz CT molecular complexity index is 1200. The van der Waals surface area contributed by atoms with Crippen molar-refractivity contribution in [1.82, 2.24) is 14.3 Å². The first-order chi connectivity index (χ1) is 16.2. The first-order valence-electron chi connectivity index (χ1n) is 10.9. The van der Waals surface area contributed by atoms with Crippen molar-refractivity contribution in [3.05, 3.63) is 53.7 Å². The number of hydrogen-bond donors (Lipinski definition) is 1. The van der Waals surface area contributed by atoms with Crippen molar-refractivity contribution in [1.29, 1.82) is 0 Å². The van der Waals surface area contributed by atoms with Gasteiger partial charge in [0, 0.05) is 37.0 Å². The molecule has 0 saturated carbocycles. The Balaban J connectivity index is 1.59. The van der Waals surface area contributed by atoms with Crippen molar-refractivity contribution in [3.63, 3.8) is 0 Å². The van der Waals surface area contributed by atoms with Gasteiger partial charge in [-0.3, -0.25) is 4.90 Å². The normalized spacial score (nSPS) is 23.4. The molecule has 1 saturated heterocycles. The fraction of sp³-hybridized carbons (Fsp3) is 0.435. The van der Waals surface area contributed by atoms with Crippen LogP contribution in [0.15, 0.2) is 36.7 Å². The molecule has 3 aromatic rings. The van der Waals surface area contributed by atoms with Gasteiger partial charge in [0.15, 0.2) is 11.3 Å². The molecule has 4 heterocycles. The van der Waals surface area contributed by atoms with E-state index in [1.54, 1.807) is 12.1 Å². The van der Waals surface area contributed by atoms with Gasteiger partial charge in [0.25, 0.3) is 0 Å². The molecule has 11 heteroatoms. The zero-order chi connectivity index (χ0) is 24.0. The van der Waals surface area contributed by atoms with Gasteiger partial charge in [-0.15, -0.1) is 0 Å². The molecule has 2 aliphatic rings. The molecule has 1 N–H and O–H groups in total. The molecule has 0 unspecified atom stereocenters. The van der Waals surface area contributed by atoms with E-state index in [4.69, 9.17) is 14.2 Å².